The van der Waals surface area contributed by atoms with Gasteiger partial charge in [-0.25, -0.2) is 0 Å². The van der Waals surface area contributed by atoms with Crippen LogP contribution in [0, 0.1) is 0 Å². The smallest absolute Gasteiger partial charge is 0.116 e. The minimum atomic E-state index is 0.421. The van der Waals surface area contributed by atoms with Gasteiger partial charge >= 0.3 is 0 Å². The zero-order valence-corrected chi connectivity index (χ0v) is 8.66. The fraction of sp³-hybridized carbons (Fsp3) is 0.455. The summed E-state index contributed by atoms with van der Waals surface area (Å²) in [5, 5.41) is 9.49. The summed E-state index contributed by atoms with van der Waals surface area (Å²) in [6, 6.07) is 3.81. The van der Waals surface area contributed by atoms with Gasteiger partial charge in [0.2, 0.25) is 0 Å². The van der Waals surface area contributed by atoms with Gasteiger partial charge in [0.25, 0.3) is 0 Å². The molecule has 1 aromatic rings. The molecule has 0 radical (unpaired) electrons. The maximum atomic E-state index is 9.49. The van der Waals surface area contributed by atoms with Gasteiger partial charge in [0.05, 0.1) is 0 Å². The molecule has 1 aliphatic rings. The molecule has 1 nitrogen and oxygen atoms in total. The van der Waals surface area contributed by atoms with Crippen molar-refractivity contribution in [2.75, 3.05) is 6.26 Å². The van der Waals surface area contributed by atoms with E-state index in [2.05, 4.69) is 6.26 Å². The average molecular weight is 194 g/mol. The Hall–Kier alpha value is -0.630. The number of aromatic hydroxyl groups is 1. The minimum absolute atomic E-state index is 0.421. The standard InChI is InChI=1S/C11H14OS/c1-13-11-7-9(12)6-8-4-2-3-5-10(8)11/h6-7,12H,2-5H2,1H3. The summed E-state index contributed by atoms with van der Waals surface area (Å²) in [6.07, 6.45) is 6.96. The molecule has 0 unspecified atom stereocenters. The third-order valence-corrected chi connectivity index (χ3v) is 3.43. The fourth-order valence-electron chi connectivity index (χ4n) is 1.99. The van der Waals surface area contributed by atoms with Crippen LogP contribution >= 0.6 is 11.8 Å². The Kier molecular flexibility index (Phi) is 2.49. The number of benzene rings is 1. The molecule has 1 aliphatic carbocycles. The first-order valence-electron chi connectivity index (χ1n) is 4.70. The van der Waals surface area contributed by atoms with Gasteiger partial charge in [0.15, 0.2) is 0 Å². The number of fused-ring (bicyclic) bond motifs is 1. The molecule has 0 aromatic heterocycles. The SMILES string of the molecule is CSc1cc(O)cc2c1CCCC2. The Morgan fingerprint density at radius 1 is 1.23 bits per heavy atom. The van der Waals surface area contributed by atoms with E-state index < -0.39 is 0 Å². The molecule has 0 spiro atoms. The van der Waals surface area contributed by atoms with Gasteiger partial charge < -0.3 is 5.11 Å². The fourth-order valence-corrected chi connectivity index (χ4v) is 2.71. The lowest BCUT2D eigenvalue weighted by atomic mass is 9.91. The molecule has 1 aromatic carbocycles. The third kappa shape index (κ3) is 1.68. The second kappa shape index (κ2) is 3.62. The molecule has 0 saturated carbocycles. The first-order valence-corrected chi connectivity index (χ1v) is 5.92. The largest absolute Gasteiger partial charge is 0.508 e. The topological polar surface area (TPSA) is 20.2 Å². The van der Waals surface area contributed by atoms with E-state index in [0.29, 0.717) is 5.75 Å². The van der Waals surface area contributed by atoms with Crippen LogP contribution in [-0.2, 0) is 12.8 Å². The van der Waals surface area contributed by atoms with Gasteiger partial charge in [0, 0.05) is 4.90 Å². The predicted octanol–water partition coefficient (Wildman–Crippen LogP) is 2.99. The van der Waals surface area contributed by atoms with E-state index in [1.807, 2.05) is 12.1 Å². The Morgan fingerprint density at radius 3 is 2.77 bits per heavy atom. The number of phenolic OH excluding ortho intramolecular Hbond substituents is 1. The van der Waals surface area contributed by atoms with E-state index in [4.69, 9.17) is 0 Å². The van der Waals surface area contributed by atoms with Crippen LogP contribution in [0.25, 0.3) is 0 Å². The molecular formula is C11H14OS. The van der Waals surface area contributed by atoms with Crippen LogP contribution in [0.15, 0.2) is 17.0 Å². The summed E-state index contributed by atoms with van der Waals surface area (Å²) >= 11 is 1.74. The molecule has 0 atom stereocenters. The average Bonchev–Trinajstić information content (AvgIpc) is 2.16. The van der Waals surface area contributed by atoms with Crippen molar-refractivity contribution in [3.8, 4) is 5.75 Å². The maximum Gasteiger partial charge on any atom is 0.116 e. The molecule has 0 heterocycles. The normalized spacial score (nSPS) is 15.5. The first kappa shape index (κ1) is 8.95. The molecule has 2 rings (SSSR count). The maximum absolute atomic E-state index is 9.49. The van der Waals surface area contributed by atoms with Crippen molar-refractivity contribution in [2.24, 2.45) is 0 Å². The lowest BCUT2D eigenvalue weighted by Crippen LogP contribution is -2.03. The van der Waals surface area contributed by atoms with E-state index in [0.717, 1.165) is 6.42 Å². The predicted molar refractivity (Wildman–Crippen MR) is 56.5 cm³/mol. The van der Waals surface area contributed by atoms with E-state index in [1.165, 1.54) is 35.3 Å². The van der Waals surface area contributed by atoms with E-state index in [9.17, 15) is 5.11 Å². The van der Waals surface area contributed by atoms with Crippen LogP contribution in [0.1, 0.15) is 24.0 Å². The summed E-state index contributed by atoms with van der Waals surface area (Å²) in [5.41, 5.74) is 2.83. The zero-order chi connectivity index (χ0) is 9.26. The summed E-state index contributed by atoms with van der Waals surface area (Å²) < 4.78 is 0. The Labute approximate surface area is 83.2 Å². The number of rotatable bonds is 1. The number of phenols is 1. The zero-order valence-electron chi connectivity index (χ0n) is 7.84. The van der Waals surface area contributed by atoms with Gasteiger partial charge in [0.1, 0.15) is 5.75 Å². The van der Waals surface area contributed by atoms with Gasteiger partial charge in [-0.15, -0.1) is 11.8 Å². The van der Waals surface area contributed by atoms with E-state index in [1.54, 1.807) is 11.8 Å². The van der Waals surface area contributed by atoms with Crippen LogP contribution in [0.2, 0.25) is 0 Å². The highest BCUT2D eigenvalue weighted by Gasteiger charge is 2.13. The van der Waals surface area contributed by atoms with Crippen LogP contribution in [0.5, 0.6) is 5.75 Å². The first-order chi connectivity index (χ1) is 6.31. The molecule has 0 amide bonds. The highest BCUT2D eigenvalue weighted by atomic mass is 32.2. The van der Waals surface area contributed by atoms with Crippen molar-refractivity contribution < 1.29 is 5.11 Å². The van der Waals surface area contributed by atoms with Crippen molar-refractivity contribution in [2.45, 2.75) is 30.6 Å². The van der Waals surface area contributed by atoms with Gasteiger partial charge in [-0.1, -0.05) is 0 Å². The number of thioether (sulfide) groups is 1. The highest BCUT2D eigenvalue weighted by molar-refractivity contribution is 7.98. The van der Waals surface area contributed by atoms with Crippen LogP contribution in [-0.4, -0.2) is 11.4 Å². The second-order valence-corrected chi connectivity index (χ2v) is 4.34. The molecule has 70 valence electrons. The summed E-state index contributed by atoms with van der Waals surface area (Å²) in [6.45, 7) is 0. The number of hydrogen-bond acceptors (Lipinski definition) is 2. The van der Waals surface area contributed by atoms with Gasteiger partial charge in [-0.2, -0.15) is 0 Å². The summed E-state index contributed by atoms with van der Waals surface area (Å²) in [5.74, 6) is 0.421. The molecule has 0 fully saturated rings. The monoisotopic (exact) mass is 194 g/mol. The quantitative estimate of drug-likeness (QED) is 0.693. The Morgan fingerprint density at radius 2 is 2.00 bits per heavy atom. The Balaban J connectivity index is 2.50. The second-order valence-electron chi connectivity index (χ2n) is 3.49. The lowest BCUT2D eigenvalue weighted by Gasteiger charge is -2.18. The van der Waals surface area contributed by atoms with Gasteiger partial charge in [-0.3, -0.25) is 0 Å². The van der Waals surface area contributed by atoms with Crippen molar-refractivity contribution in [1.29, 1.82) is 0 Å². The summed E-state index contributed by atoms with van der Waals surface area (Å²) in [7, 11) is 0. The third-order valence-electron chi connectivity index (χ3n) is 2.63. The van der Waals surface area contributed by atoms with Crippen LogP contribution in [0.4, 0.5) is 0 Å². The molecule has 0 bridgehead atoms. The highest BCUT2D eigenvalue weighted by Crippen LogP contribution is 2.33. The number of aryl methyl sites for hydroxylation is 1. The van der Waals surface area contributed by atoms with Crippen molar-refractivity contribution >= 4 is 11.8 Å². The lowest BCUT2D eigenvalue weighted by molar-refractivity contribution is 0.471. The van der Waals surface area contributed by atoms with Crippen molar-refractivity contribution in [1.82, 2.24) is 0 Å². The van der Waals surface area contributed by atoms with Crippen molar-refractivity contribution in [3.05, 3.63) is 23.3 Å². The van der Waals surface area contributed by atoms with E-state index in [-0.39, 0.29) is 0 Å². The van der Waals surface area contributed by atoms with E-state index >= 15 is 0 Å². The van der Waals surface area contributed by atoms with Crippen molar-refractivity contribution in [3.63, 3.8) is 0 Å². The van der Waals surface area contributed by atoms with Gasteiger partial charge in [-0.05, 0) is 55.2 Å². The molecule has 13 heavy (non-hydrogen) atoms. The molecule has 0 saturated heterocycles. The number of hydrogen-bond donors (Lipinski definition) is 1. The molecule has 2 heteroatoms. The molecular weight excluding hydrogens is 180 g/mol. The molecule has 1 N–H and O–H groups in total. The summed E-state index contributed by atoms with van der Waals surface area (Å²) in [4.78, 5) is 1.26. The molecule has 0 aliphatic heterocycles. The van der Waals surface area contributed by atoms with Crippen LogP contribution in [0.3, 0.4) is 0 Å². The van der Waals surface area contributed by atoms with Crippen LogP contribution < -0.4 is 0 Å². The minimum Gasteiger partial charge on any atom is -0.508 e. The Bertz CT molecular complexity index is 303.